The quantitative estimate of drug-likeness (QED) is 0.598. The molecule has 0 aliphatic carbocycles. The molecule has 4 rings (SSSR count). The second-order valence-corrected chi connectivity index (χ2v) is 7.21. The van der Waals surface area contributed by atoms with Gasteiger partial charge in [-0.3, -0.25) is 4.79 Å². The van der Waals surface area contributed by atoms with Gasteiger partial charge in [0.25, 0.3) is 5.76 Å². The van der Waals surface area contributed by atoms with Gasteiger partial charge in [0.2, 0.25) is 11.2 Å². The van der Waals surface area contributed by atoms with Crippen LogP contribution in [0.1, 0.15) is 17.4 Å². The second-order valence-electron chi connectivity index (χ2n) is 7.21. The minimum Gasteiger partial charge on any atom is -0.497 e. The molecular formula is C22H18F3NO7. The van der Waals surface area contributed by atoms with Gasteiger partial charge in [-0.05, 0) is 42.0 Å². The number of methoxy groups -OCH3 is 1. The van der Waals surface area contributed by atoms with Crippen LogP contribution in [0, 0.1) is 0 Å². The van der Waals surface area contributed by atoms with E-state index in [9.17, 15) is 27.9 Å². The van der Waals surface area contributed by atoms with Gasteiger partial charge < -0.3 is 28.6 Å². The molecule has 1 aliphatic rings. The van der Waals surface area contributed by atoms with Crippen LogP contribution in [0.2, 0.25) is 0 Å². The molecule has 3 aromatic rings. The third-order valence-corrected chi connectivity index (χ3v) is 5.12. The van der Waals surface area contributed by atoms with E-state index in [1.807, 2.05) is 0 Å². The van der Waals surface area contributed by atoms with Crippen LogP contribution < -0.4 is 14.9 Å². The Morgan fingerprint density at radius 1 is 1.15 bits per heavy atom. The number of ether oxygens (including phenoxy) is 3. The summed E-state index contributed by atoms with van der Waals surface area (Å²) in [5.74, 6) is -2.11. The molecule has 33 heavy (non-hydrogen) atoms. The van der Waals surface area contributed by atoms with Crippen molar-refractivity contribution >= 4 is 17.1 Å². The molecule has 0 saturated carbocycles. The topological polar surface area (TPSA) is 98.4 Å². The van der Waals surface area contributed by atoms with Crippen LogP contribution in [0.4, 0.5) is 18.0 Å². The molecule has 1 saturated heterocycles. The lowest BCUT2D eigenvalue weighted by Crippen LogP contribution is -2.41. The number of hydrogen-bond donors (Lipinski definition) is 1. The first-order valence-electron chi connectivity index (χ1n) is 9.76. The van der Waals surface area contributed by atoms with E-state index in [-0.39, 0.29) is 36.4 Å². The predicted molar refractivity (Wildman–Crippen MR) is 109 cm³/mol. The van der Waals surface area contributed by atoms with Gasteiger partial charge in [0.15, 0.2) is 0 Å². The zero-order valence-corrected chi connectivity index (χ0v) is 17.2. The largest absolute Gasteiger partial charge is 0.497 e. The highest BCUT2D eigenvalue weighted by Crippen LogP contribution is 2.39. The highest BCUT2D eigenvalue weighted by Gasteiger charge is 2.40. The van der Waals surface area contributed by atoms with Crippen molar-refractivity contribution in [3.05, 3.63) is 64.0 Å². The average molecular weight is 465 g/mol. The van der Waals surface area contributed by atoms with Crippen LogP contribution in [0.3, 0.4) is 0 Å². The molecule has 8 nitrogen and oxygen atoms in total. The molecule has 2 heterocycles. The molecule has 1 aromatic heterocycles. The third kappa shape index (κ3) is 4.58. The van der Waals surface area contributed by atoms with Gasteiger partial charge >= 0.3 is 12.3 Å². The van der Waals surface area contributed by atoms with Crippen LogP contribution in [0.5, 0.6) is 17.2 Å². The van der Waals surface area contributed by atoms with Crippen molar-refractivity contribution in [3.63, 3.8) is 0 Å². The van der Waals surface area contributed by atoms with E-state index in [0.717, 1.165) is 4.90 Å². The molecule has 1 unspecified atom stereocenters. The molecule has 0 bridgehead atoms. The molecule has 1 amide bonds. The normalized spacial score (nSPS) is 16.6. The molecule has 1 fully saturated rings. The lowest BCUT2D eigenvalue weighted by Gasteiger charge is -2.31. The Morgan fingerprint density at radius 3 is 2.48 bits per heavy atom. The number of rotatable bonds is 4. The number of nitrogens with zero attached hydrogens (tertiary/aromatic N) is 1. The van der Waals surface area contributed by atoms with Crippen LogP contribution in [-0.2, 0) is 10.9 Å². The third-order valence-electron chi connectivity index (χ3n) is 5.12. The van der Waals surface area contributed by atoms with E-state index < -0.39 is 35.3 Å². The van der Waals surface area contributed by atoms with Gasteiger partial charge in [0.1, 0.15) is 23.2 Å². The Balaban J connectivity index is 1.76. The number of morpholine rings is 1. The summed E-state index contributed by atoms with van der Waals surface area (Å²) in [6.07, 6.45) is -6.85. The Morgan fingerprint density at radius 2 is 1.85 bits per heavy atom. The number of fused-ring (bicyclic) bond motifs is 1. The average Bonchev–Trinajstić information content (AvgIpc) is 2.80. The molecule has 11 heteroatoms. The molecule has 174 valence electrons. The lowest BCUT2D eigenvalue weighted by molar-refractivity contribution is -0.154. The van der Waals surface area contributed by atoms with Crippen LogP contribution in [0.15, 0.2) is 51.7 Å². The molecule has 1 N–H and O–H groups in total. The molecule has 0 spiro atoms. The Bertz CT molecular complexity index is 1240. The summed E-state index contributed by atoms with van der Waals surface area (Å²) in [4.78, 5) is 25.3. The molecular weight excluding hydrogens is 447 g/mol. The standard InChI is InChI=1S/C22H18F3NO7/c1-30-13-3-5-14(6-4-13)32-19-18(27)15-7-2-12(10-16(15)33-20(19)22(23,24)25)17-11-26(21(28)29)8-9-31-17/h2-7,10,17H,8-9,11H2,1H3,(H,28,29). The SMILES string of the molecule is COc1ccc(Oc2c(C(F)(F)F)oc3cc(C4CN(C(=O)O)CCO4)ccc3c2=O)cc1. The fourth-order valence-corrected chi connectivity index (χ4v) is 3.46. The highest BCUT2D eigenvalue weighted by atomic mass is 19.4. The Labute approximate surface area is 184 Å². The van der Waals surface area contributed by atoms with Crippen molar-refractivity contribution in [1.82, 2.24) is 4.90 Å². The summed E-state index contributed by atoms with van der Waals surface area (Å²) in [6.45, 7) is 0.302. The van der Waals surface area contributed by atoms with E-state index in [2.05, 4.69) is 0 Å². The maximum absolute atomic E-state index is 13.7. The van der Waals surface area contributed by atoms with Gasteiger partial charge in [0.05, 0.1) is 25.6 Å². The van der Waals surface area contributed by atoms with Crippen molar-refractivity contribution < 1.29 is 41.7 Å². The number of amides is 1. The number of alkyl halides is 3. The first kappa shape index (κ1) is 22.5. The zero-order valence-electron chi connectivity index (χ0n) is 17.2. The summed E-state index contributed by atoms with van der Waals surface area (Å²) in [6, 6.07) is 9.71. The van der Waals surface area contributed by atoms with E-state index >= 15 is 0 Å². The predicted octanol–water partition coefficient (Wildman–Crippen LogP) is 4.66. The van der Waals surface area contributed by atoms with E-state index in [1.54, 1.807) is 0 Å². The number of benzene rings is 2. The first-order chi connectivity index (χ1) is 15.7. The van der Waals surface area contributed by atoms with E-state index in [4.69, 9.17) is 18.6 Å². The summed E-state index contributed by atoms with van der Waals surface area (Å²) < 4.78 is 62.2. The minimum absolute atomic E-state index is 0.00410. The van der Waals surface area contributed by atoms with Crippen molar-refractivity contribution in [2.75, 3.05) is 26.8 Å². The van der Waals surface area contributed by atoms with Crippen molar-refractivity contribution in [3.8, 4) is 17.2 Å². The van der Waals surface area contributed by atoms with E-state index in [1.165, 1.54) is 49.6 Å². The van der Waals surface area contributed by atoms with Crippen LogP contribution in [0.25, 0.3) is 11.0 Å². The Kier molecular flexibility index (Phi) is 5.90. The van der Waals surface area contributed by atoms with E-state index in [0.29, 0.717) is 11.3 Å². The van der Waals surface area contributed by atoms with Crippen LogP contribution >= 0.6 is 0 Å². The number of halogens is 3. The first-order valence-corrected chi connectivity index (χ1v) is 9.76. The maximum atomic E-state index is 13.7. The minimum atomic E-state index is -5.01. The summed E-state index contributed by atoms with van der Waals surface area (Å²) in [5, 5.41) is 9.06. The van der Waals surface area contributed by atoms with Gasteiger partial charge in [0, 0.05) is 6.54 Å². The molecule has 1 aliphatic heterocycles. The fourth-order valence-electron chi connectivity index (χ4n) is 3.46. The van der Waals surface area contributed by atoms with Crippen LogP contribution in [-0.4, -0.2) is 42.9 Å². The maximum Gasteiger partial charge on any atom is 0.453 e. The van der Waals surface area contributed by atoms with Gasteiger partial charge in [-0.15, -0.1) is 0 Å². The highest BCUT2D eigenvalue weighted by molar-refractivity contribution is 5.79. The fraction of sp³-hybridized carbons (Fsp3) is 0.273. The lowest BCUT2D eigenvalue weighted by atomic mass is 10.1. The summed E-state index contributed by atoms with van der Waals surface area (Å²) >= 11 is 0. The summed E-state index contributed by atoms with van der Waals surface area (Å²) in [7, 11) is 1.43. The molecule has 0 radical (unpaired) electrons. The summed E-state index contributed by atoms with van der Waals surface area (Å²) in [5.41, 5.74) is -0.931. The monoisotopic (exact) mass is 465 g/mol. The van der Waals surface area contributed by atoms with Gasteiger partial charge in [-0.1, -0.05) is 6.07 Å². The van der Waals surface area contributed by atoms with Crippen molar-refractivity contribution in [2.24, 2.45) is 0 Å². The molecule has 1 atom stereocenters. The second kappa shape index (κ2) is 8.66. The smallest absolute Gasteiger partial charge is 0.453 e. The van der Waals surface area contributed by atoms with Gasteiger partial charge in [-0.25, -0.2) is 4.79 Å². The van der Waals surface area contributed by atoms with Crippen molar-refractivity contribution in [1.29, 1.82) is 0 Å². The van der Waals surface area contributed by atoms with Gasteiger partial charge in [-0.2, -0.15) is 13.2 Å². The molecule has 2 aromatic carbocycles. The Hall–Kier alpha value is -3.73. The zero-order chi connectivity index (χ0) is 23.8. The van der Waals surface area contributed by atoms with Crippen molar-refractivity contribution in [2.45, 2.75) is 12.3 Å². The number of carbonyl (C=O) groups is 1. The number of carboxylic acid groups (broad SMARTS) is 1. The number of hydrogen-bond acceptors (Lipinski definition) is 6.